The molecule has 4 N–H and O–H groups in total. The van der Waals surface area contributed by atoms with E-state index in [0.29, 0.717) is 19.4 Å². The molecule has 0 atom stereocenters. The van der Waals surface area contributed by atoms with Crippen molar-refractivity contribution >= 4 is 34.6 Å². The molecule has 8 heteroatoms. The van der Waals surface area contributed by atoms with Gasteiger partial charge in [-0.1, -0.05) is 18.9 Å². The van der Waals surface area contributed by atoms with Crippen LogP contribution in [0.25, 0.3) is 9.88 Å². The molecule has 3 rings (SSSR count). The number of amides is 3. The van der Waals surface area contributed by atoms with Gasteiger partial charge in [0.2, 0.25) is 5.91 Å². The van der Waals surface area contributed by atoms with Crippen LogP contribution in [0.5, 0.6) is 0 Å². The predicted molar refractivity (Wildman–Crippen MR) is 91.2 cm³/mol. The third kappa shape index (κ3) is 3.53. The number of nitrogens with two attached hydrogens (primary N) is 1. The SMILES string of the molecule is NC(=O)C1(NC(=O)NCc2csc(-c3cccs3)n2)CCCC1. The molecule has 1 aliphatic rings. The molecule has 0 aliphatic heterocycles. The molecule has 0 bridgehead atoms. The standard InChI is InChI=1S/C15H18N4O2S2/c16-13(20)15(5-1-2-6-15)19-14(21)17-8-10-9-23-12(18-10)11-4-3-7-22-11/h3-4,7,9H,1-2,5-6,8H2,(H2,16,20)(H2,17,19,21). The number of urea groups is 1. The second-order valence-electron chi connectivity index (χ2n) is 5.58. The monoisotopic (exact) mass is 350 g/mol. The van der Waals surface area contributed by atoms with Crippen LogP contribution in [0.4, 0.5) is 4.79 Å². The van der Waals surface area contributed by atoms with Gasteiger partial charge in [0.05, 0.1) is 17.1 Å². The van der Waals surface area contributed by atoms with Crippen LogP contribution in [0.15, 0.2) is 22.9 Å². The van der Waals surface area contributed by atoms with Gasteiger partial charge >= 0.3 is 6.03 Å². The van der Waals surface area contributed by atoms with Crippen molar-refractivity contribution in [2.24, 2.45) is 5.73 Å². The molecular formula is C15H18N4O2S2. The van der Waals surface area contributed by atoms with Crippen LogP contribution in [0.1, 0.15) is 31.4 Å². The lowest BCUT2D eigenvalue weighted by Crippen LogP contribution is -2.57. The lowest BCUT2D eigenvalue weighted by atomic mass is 9.97. The smallest absolute Gasteiger partial charge is 0.315 e. The van der Waals surface area contributed by atoms with E-state index in [1.165, 1.54) is 0 Å². The van der Waals surface area contributed by atoms with Crippen molar-refractivity contribution < 1.29 is 9.59 Å². The van der Waals surface area contributed by atoms with Gasteiger partial charge in [-0.25, -0.2) is 9.78 Å². The Morgan fingerprint density at radius 1 is 1.30 bits per heavy atom. The van der Waals surface area contributed by atoms with Gasteiger partial charge in [-0.2, -0.15) is 0 Å². The Kier molecular flexibility index (Phi) is 4.63. The Balaban J connectivity index is 1.56. The zero-order valence-corrected chi connectivity index (χ0v) is 14.1. The molecule has 122 valence electrons. The van der Waals surface area contributed by atoms with E-state index in [0.717, 1.165) is 28.4 Å². The summed E-state index contributed by atoms with van der Waals surface area (Å²) in [5.74, 6) is -0.459. The molecule has 23 heavy (non-hydrogen) atoms. The molecule has 0 saturated heterocycles. The zero-order chi connectivity index (χ0) is 16.3. The van der Waals surface area contributed by atoms with E-state index in [-0.39, 0.29) is 6.03 Å². The molecule has 1 aliphatic carbocycles. The van der Waals surface area contributed by atoms with E-state index in [1.807, 2.05) is 22.9 Å². The highest BCUT2D eigenvalue weighted by Gasteiger charge is 2.40. The van der Waals surface area contributed by atoms with E-state index in [4.69, 9.17) is 5.73 Å². The number of rotatable bonds is 5. The fourth-order valence-corrected chi connectivity index (χ4v) is 4.38. The molecule has 2 aromatic heterocycles. The number of thiazole rings is 1. The van der Waals surface area contributed by atoms with Crippen LogP contribution in [0.3, 0.4) is 0 Å². The minimum Gasteiger partial charge on any atom is -0.368 e. The second-order valence-corrected chi connectivity index (χ2v) is 7.39. The average Bonchev–Trinajstić information content (AvgIpc) is 3.26. The predicted octanol–water partition coefficient (Wildman–Crippen LogP) is 2.47. The number of hydrogen-bond donors (Lipinski definition) is 3. The van der Waals surface area contributed by atoms with Crippen LogP contribution in [-0.2, 0) is 11.3 Å². The van der Waals surface area contributed by atoms with E-state index >= 15 is 0 Å². The third-order valence-corrected chi connectivity index (χ3v) is 5.93. The van der Waals surface area contributed by atoms with E-state index < -0.39 is 11.4 Å². The lowest BCUT2D eigenvalue weighted by molar-refractivity contribution is -0.123. The van der Waals surface area contributed by atoms with Crippen molar-refractivity contribution in [3.05, 3.63) is 28.6 Å². The summed E-state index contributed by atoms with van der Waals surface area (Å²) in [6, 6.07) is 3.62. The quantitative estimate of drug-likeness (QED) is 0.773. The number of primary amides is 1. The maximum Gasteiger partial charge on any atom is 0.315 e. The lowest BCUT2D eigenvalue weighted by Gasteiger charge is -2.26. The van der Waals surface area contributed by atoms with Crippen molar-refractivity contribution in [3.8, 4) is 9.88 Å². The molecule has 0 spiro atoms. The molecule has 2 heterocycles. The van der Waals surface area contributed by atoms with Gasteiger partial charge in [-0.05, 0) is 24.3 Å². The Labute approximate surface area is 142 Å². The van der Waals surface area contributed by atoms with E-state index in [2.05, 4.69) is 15.6 Å². The number of thiophene rings is 1. The summed E-state index contributed by atoms with van der Waals surface area (Å²) in [5, 5.41) is 10.4. The van der Waals surface area contributed by atoms with Crippen molar-refractivity contribution in [1.29, 1.82) is 0 Å². The molecule has 0 aromatic carbocycles. The fraction of sp³-hybridized carbons (Fsp3) is 0.400. The number of nitrogens with zero attached hydrogens (tertiary/aromatic N) is 1. The highest BCUT2D eigenvalue weighted by Crippen LogP contribution is 2.29. The van der Waals surface area contributed by atoms with E-state index in [1.54, 1.807) is 22.7 Å². The van der Waals surface area contributed by atoms with Crippen LogP contribution >= 0.6 is 22.7 Å². The molecular weight excluding hydrogens is 332 g/mol. The highest BCUT2D eigenvalue weighted by molar-refractivity contribution is 7.20. The fourth-order valence-electron chi connectivity index (χ4n) is 2.75. The first kappa shape index (κ1) is 15.9. The molecule has 3 amide bonds. The van der Waals surface area contributed by atoms with Crippen molar-refractivity contribution in [1.82, 2.24) is 15.6 Å². The van der Waals surface area contributed by atoms with Gasteiger partial charge in [-0.3, -0.25) is 4.79 Å². The number of hydrogen-bond acceptors (Lipinski definition) is 5. The number of carbonyl (C=O) groups excluding carboxylic acids is 2. The summed E-state index contributed by atoms with van der Waals surface area (Å²) < 4.78 is 0. The summed E-state index contributed by atoms with van der Waals surface area (Å²) in [7, 11) is 0. The Bertz CT molecular complexity index is 690. The largest absolute Gasteiger partial charge is 0.368 e. The molecule has 6 nitrogen and oxygen atoms in total. The Morgan fingerprint density at radius 2 is 2.09 bits per heavy atom. The van der Waals surface area contributed by atoms with Gasteiger partial charge in [0, 0.05) is 5.38 Å². The normalized spacial score (nSPS) is 16.2. The van der Waals surface area contributed by atoms with Crippen LogP contribution in [0, 0.1) is 0 Å². The van der Waals surface area contributed by atoms with Crippen molar-refractivity contribution in [2.45, 2.75) is 37.8 Å². The van der Waals surface area contributed by atoms with E-state index in [9.17, 15) is 9.59 Å². The Morgan fingerprint density at radius 3 is 2.74 bits per heavy atom. The minimum atomic E-state index is -0.895. The number of aromatic nitrogens is 1. The molecule has 1 fully saturated rings. The van der Waals surface area contributed by atoms with Gasteiger partial charge in [0.1, 0.15) is 10.5 Å². The molecule has 0 unspecified atom stereocenters. The highest BCUT2D eigenvalue weighted by atomic mass is 32.1. The summed E-state index contributed by atoms with van der Waals surface area (Å²) in [5.41, 5.74) is 5.36. The zero-order valence-electron chi connectivity index (χ0n) is 12.5. The Hall–Kier alpha value is -1.93. The summed E-state index contributed by atoms with van der Waals surface area (Å²) in [6.07, 6.45) is 3.02. The maximum atomic E-state index is 12.1. The van der Waals surface area contributed by atoms with Gasteiger partial charge < -0.3 is 16.4 Å². The maximum absolute atomic E-state index is 12.1. The van der Waals surface area contributed by atoms with Crippen molar-refractivity contribution in [3.63, 3.8) is 0 Å². The summed E-state index contributed by atoms with van der Waals surface area (Å²) in [6.45, 7) is 0.322. The first-order valence-electron chi connectivity index (χ1n) is 7.43. The van der Waals surface area contributed by atoms with Gasteiger partial charge in [0.15, 0.2) is 0 Å². The first-order chi connectivity index (χ1) is 11.1. The molecule has 2 aromatic rings. The topological polar surface area (TPSA) is 97.1 Å². The molecule has 1 saturated carbocycles. The van der Waals surface area contributed by atoms with Crippen LogP contribution in [-0.4, -0.2) is 22.5 Å². The number of carbonyl (C=O) groups is 2. The van der Waals surface area contributed by atoms with Crippen LogP contribution in [0.2, 0.25) is 0 Å². The summed E-state index contributed by atoms with van der Waals surface area (Å²) in [4.78, 5) is 29.3. The third-order valence-electron chi connectivity index (χ3n) is 4.00. The molecule has 0 radical (unpaired) electrons. The van der Waals surface area contributed by atoms with Gasteiger partial charge in [0.25, 0.3) is 0 Å². The van der Waals surface area contributed by atoms with Gasteiger partial charge in [-0.15, -0.1) is 22.7 Å². The minimum absolute atomic E-state index is 0.322. The number of nitrogens with one attached hydrogen (secondary N) is 2. The average molecular weight is 350 g/mol. The second kappa shape index (κ2) is 6.67. The van der Waals surface area contributed by atoms with Crippen LogP contribution < -0.4 is 16.4 Å². The summed E-state index contributed by atoms with van der Waals surface area (Å²) >= 11 is 3.18. The van der Waals surface area contributed by atoms with Crippen molar-refractivity contribution in [2.75, 3.05) is 0 Å². The first-order valence-corrected chi connectivity index (χ1v) is 9.19.